The summed E-state index contributed by atoms with van der Waals surface area (Å²) in [5, 5.41) is 0. The van der Waals surface area contributed by atoms with Crippen LogP contribution in [0.25, 0.3) is 0 Å². The first-order valence-electron chi connectivity index (χ1n) is 7.55. The number of anilines is 2. The van der Waals surface area contributed by atoms with E-state index in [9.17, 15) is 9.59 Å². The number of nitrogens with zero attached hydrogens (tertiary/aromatic N) is 2. The SMILES string of the molecule is CC(=O)N(C)c1ccc(N(C)C(=O)Cc2cccc(C)c2)cc1. The van der Waals surface area contributed by atoms with E-state index >= 15 is 0 Å². The molecule has 0 N–H and O–H groups in total. The molecule has 2 amide bonds. The molecule has 0 atom stereocenters. The van der Waals surface area contributed by atoms with Crippen LogP contribution in [0.3, 0.4) is 0 Å². The van der Waals surface area contributed by atoms with Crippen molar-refractivity contribution >= 4 is 23.2 Å². The van der Waals surface area contributed by atoms with E-state index < -0.39 is 0 Å². The largest absolute Gasteiger partial charge is 0.316 e. The summed E-state index contributed by atoms with van der Waals surface area (Å²) in [7, 11) is 3.49. The Morgan fingerprint density at radius 1 is 0.913 bits per heavy atom. The summed E-state index contributed by atoms with van der Waals surface area (Å²) in [6.07, 6.45) is 0.368. The van der Waals surface area contributed by atoms with Crippen molar-refractivity contribution in [2.75, 3.05) is 23.9 Å². The zero-order valence-corrected chi connectivity index (χ0v) is 14.0. The molecule has 4 heteroatoms. The van der Waals surface area contributed by atoms with E-state index in [-0.39, 0.29) is 11.8 Å². The average Bonchev–Trinajstić information content (AvgIpc) is 2.53. The Kier molecular flexibility index (Phi) is 5.16. The van der Waals surface area contributed by atoms with Gasteiger partial charge in [0.2, 0.25) is 11.8 Å². The minimum atomic E-state index is -0.0263. The summed E-state index contributed by atoms with van der Waals surface area (Å²) in [5.41, 5.74) is 3.77. The molecular weight excluding hydrogens is 288 g/mol. The summed E-state index contributed by atoms with van der Waals surface area (Å²) in [6, 6.07) is 15.3. The molecule has 0 aliphatic carbocycles. The van der Waals surface area contributed by atoms with Crippen LogP contribution in [-0.2, 0) is 16.0 Å². The van der Waals surface area contributed by atoms with Gasteiger partial charge in [-0.05, 0) is 36.8 Å². The molecule has 0 unspecified atom stereocenters. The van der Waals surface area contributed by atoms with Crippen molar-refractivity contribution < 1.29 is 9.59 Å². The highest BCUT2D eigenvalue weighted by Crippen LogP contribution is 2.20. The zero-order valence-electron chi connectivity index (χ0n) is 14.0. The van der Waals surface area contributed by atoms with Crippen LogP contribution >= 0.6 is 0 Å². The molecule has 0 spiro atoms. The fraction of sp³-hybridized carbons (Fsp3) is 0.263. The Morgan fingerprint density at radius 3 is 2.00 bits per heavy atom. The second kappa shape index (κ2) is 7.09. The van der Waals surface area contributed by atoms with Gasteiger partial charge < -0.3 is 9.80 Å². The van der Waals surface area contributed by atoms with E-state index in [1.165, 1.54) is 6.92 Å². The molecule has 0 aliphatic heterocycles. The molecule has 0 aromatic heterocycles. The van der Waals surface area contributed by atoms with Gasteiger partial charge in [0.15, 0.2) is 0 Å². The van der Waals surface area contributed by atoms with Crippen LogP contribution in [0.15, 0.2) is 48.5 Å². The van der Waals surface area contributed by atoms with E-state index in [0.717, 1.165) is 22.5 Å². The van der Waals surface area contributed by atoms with Crippen molar-refractivity contribution in [3.63, 3.8) is 0 Å². The lowest BCUT2D eigenvalue weighted by molar-refractivity contribution is -0.118. The molecule has 2 aromatic carbocycles. The van der Waals surface area contributed by atoms with Crippen LogP contribution in [0.2, 0.25) is 0 Å². The summed E-state index contributed by atoms with van der Waals surface area (Å²) < 4.78 is 0. The quantitative estimate of drug-likeness (QED) is 0.870. The van der Waals surface area contributed by atoms with Gasteiger partial charge in [0.25, 0.3) is 0 Å². The van der Waals surface area contributed by atoms with Gasteiger partial charge in [-0.2, -0.15) is 0 Å². The maximum atomic E-state index is 12.4. The minimum absolute atomic E-state index is 0.0263. The van der Waals surface area contributed by atoms with Gasteiger partial charge in [0, 0.05) is 32.4 Å². The van der Waals surface area contributed by atoms with Gasteiger partial charge in [-0.3, -0.25) is 9.59 Å². The molecule has 4 nitrogen and oxygen atoms in total. The van der Waals surface area contributed by atoms with Crippen LogP contribution in [0, 0.1) is 6.92 Å². The number of aryl methyl sites for hydroxylation is 1. The van der Waals surface area contributed by atoms with Crippen molar-refractivity contribution in [3.05, 3.63) is 59.7 Å². The predicted molar refractivity (Wildman–Crippen MR) is 93.8 cm³/mol. The second-order valence-electron chi connectivity index (χ2n) is 5.71. The number of carbonyl (C=O) groups excluding carboxylic acids is 2. The Morgan fingerprint density at radius 2 is 1.48 bits per heavy atom. The molecule has 2 aromatic rings. The summed E-state index contributed by atoms with van der Waals surface area (Å²) >= 11 is 0. The first-order valence-corrected chi connectivity index (χ1v) is 7.55. The van der Waals surface area contributed by atoms with E-state index in [4.69, 9.17) is 0 Å². The predicted octanol–water partition coefficient (Wildman–Crippen LogP) is 3.18. The number of hydrogen-bond acceptors (Lipinski definition) is 2. The topological polar surface area (TPSA) is 40.6 Å². The summed E-state index contributed by atoms with van der Waals surface area (Å²) in [6.45, 7) is 3.54. The molecule has 120 valence electrons. The van der Waals surface area contributed by atoms with Gasteiger partial charge in [0.1, 0.15) is 0 Å². The highest BCUT2D eigenvalue weighted by Gasteiger charge is 2.13. The molecule has 0 bridgehead atoms. The lowest BCUT2D eigenvalue weighted by Crippen LogP contribution is -2.28. The van der Waals surface area contributed by atoms with E-state index in [2.05, 4.69) is 0 Å². The maximum Gasteiger partial charge on any atom is 0.231 e. The highest BCUT2D eigenvalue weighted by molar-refractivity contribution is 5.95. The van der Waals surface area contributed by atoms with Gasteiger partial charge in [-0.1, -0.05) is 29.8 Å². The Hall–Kier alpha value is -2.62. The van der Waals surface area contributed by atoms with E-state index in [1.807, 2.05) is 55.5 Å². The van der Waals surface area contributed by atoms with Crippen molar-refractivity contribution in [1.82, 2.24) is 0 Å². The lowest BCUT2D eigenvalue weighted by Gasteiger charge is -2.20. The van der Waals surface area contributed by atoms with Gasteiger partial charge in [-0.25, -0.2) is 0 Å². The monoisotopic (exact) mass is 310 g/mol. The number of carbonyl (C=O) groups is 2. The minimum Gasteiger partial charge on any atom is -0.316 e. The van der Waals surface area contributed by atoms with Crippen LogP contribution in [0.5, 0.6) is 0 Å². The summed E-state index contributed by atoms with van der Waals surface area (Å²) in [4.78, 5) is 27.0. The maximum absolute atomic E-state index is 12.4. The number of hydrogen-bond donors (Lipinski definition) is 0. The van der Waals surface area contributed by atoms with Gasteiger partial charge in [0.05, 0.1) is 6.42 Å². The average molecular weight is 310 g/mol. The zero-order chi connectivity index (χ0) is 17.0. The molecular formula is C19H22N2O2. The van der Waals surface area contributed by atoms with Crippen LogP contribution in [0.4, 0.5) is 11.4 Å². The van der Waals surface area contributed by atoms with E-state index in [0.29, 0.717) is 6.42 Å². The van der Waals surface area contributed by atoms with E-state index in [1.54, 1.807) is 23.9 Å². The molecule has 2 rings (SSSR count). The third-order valence-electron chi connectivity index (χ3n) is 3.91. The van der Waals surface area contributed by atoms with Crippen molar-refractivity contribution in [3.8, 4) is 0 Å². The third kappa shape index (κ3) is 4.19. The first-order chi connectivity index (χ1) is 10.9. The smallest absolute Gasteiger partial charge is 0.231 e. The van der Waals surface area contributed by atoms with Crippen LogP contribution in [-0.4, -0.2) is 25.9 Å². The number of rotatable bonds is 4. The van der Waals surface area contributed by atoms with Crippen molar-refractivity contribution in [2.45, 2.75) is 20.3 Å². The number of likely N-dealkylation sites (N-methyl/N-ethyl adjacent to an activating group) is 1. The van der Waals surface area contributed by atoms with Gasteiger partial charge in [-0.15, -0.1) is 0 Å². The normalized spacial score (nSPS) is 10.3. The fourth-order valence-electron chi connectivity index (χ4n) is 2.34. The Balaban J connectivity index is 2.09. The third-order valence-corrected chi connectivity index (χ3v) is 3.91. The molecule has 0 saturated carbocycles. The number of amides is 2. The Labute approximate surface area is 137 Å². The molecule has 0 heterocycles. The lowest BCUT2D eigenvalue weighted by atomic mass is 10.1. The van der Waals surface area contributed by atoms with Crippen LogP contribution < -0.4 is 9.80 Å². The summed E-state index contributed by atoms with van der Waals surface area (Å²) in [5.74, 6) is 0.00454. The molecule has 23 heavy (non-hydrogen) atoms. The first kappa shape index (κ1) is 16.7. The molecule has 0 aliphatic rings. The number of benzene rings is 2. The van der Waals surface area contributed by atoms with Gasteiger partial charge >= 0.3 is 0 Å². The molecule has 0 radical (unpaired) electrons. The Bertz CT molecular complexity index is 708. The highest BCUT2D eigenvalue weighted by atomic mass is 16.2. The van der Waals surface area contributed by atoms with Crippen molar-refractivity contribution in [2.24, 2.45) is 0 Å². The van der Waals surface area contributed by atoms with Crippen molar-refractivity contribution in [1.29, 1.82) is 0 Å². The van der Waals surface area contributed by atoms with Crippen LogP contribution in [0.1, 0.15) is 18.1 Å². The molecule has 0 saturated heterocycles. The standard InChI is InChI=1S/C19H22N2O2/c1-14-6-5-7-16(12-14)13-19(23)21(4)18-10-8-17(9-11-18)20(3)15(2)22/h5-12H,13H2,1-4H3. The second-order valence-corrected chi connectivity index (χ2v) is 5.71. The molecule has 0 fully saturated rings. The fourth-order valence-corrected chi connectivity index (χ4v) is 2.34.